The zero-order chi connectivity index (χ0) is 13.8. The molecule has 0 atom stereocenters. The van der Waals surface area contributed by atoms with E-state index < -0.39 is 4.92 Å². The lowest BCUT2D eigenvalue weighted by Crippen LogP contribution is -2.14. The standard InChI is InChI=1S/C12H9ClN2O3S/c13-8-3-4-10(11(6-8)15(17)18)14-12(16)7-9-2-1-5-19-9/h1-6H,7H2,(H,14,16). The molecule has 19 heavy (non-hydrogen) atoms. The summed E-state index contributed by atoms with van der Waals surface area (Å²) in [6.07, 6.45) is 0.192. The van der Waals surface area contributed by atoms with Crippen LogP contribution >= 0.6 is 22.9 Å². The van der Waals surface area contributed by atoms with Crippen LogP contribution in [0, 0.1) is 10.1 Å². The molecule has 0 aliphatic rings. The maximum absolute atomic E-state index is 11.8. The molecule has 2 rings (SSSR count). The Labute approximate surface area is 118 Å². The minimum absolute atomic E-state index is 0.149. The number of nitro benzene ring substituents is 1. The Morgan fingerprint density at radius 3 is 2.84 bits per heavy atom. The molecule has 1 aromatic heterocycles. The number of rotatable bonds is 4. The number of halogens is 1. The third-order valence-electron chi connectivity index (χ3n) is 2.35. The van der Waals surface area contributed by atoms with Gasteiger partial charge in [0.1, 0.15) is 5.69 Å². The Kier molecular flexibility index (Phi) is 4.13. The van der Waals surface area contributed by atoms with Gasteiger partial charge in [-0.15, -0.1) is 11.3 Å². The van der Waals surface area contributed by atoms with Crippen LogP contribution < -0.4 is 5.32 Å². The van der Waals surface area contributed by atoms with Gasteiger partial charge in [0.2, 0.25) is 5.91 Å². The normalized spacial score (nSPS) is 10.2. The van der Waals surface area contributed by atoms with Gasteiger partial charge in [0, 0.05) is 16.0 Å². The van der Waals surface area contributed by atoms with Gasteiger partial charge in [-0.3, -0.25) is 14.9 Å². The molecule has 5 nitrogen and oxygen atoms in total. The molecule has 98 valence electrons. The van der Waals surface area contributed by atoms with Crippen molar-refractivity contribution in [3.63, 3.8) is 0 Å². The molecular formula is C12H9ClN2O3S. The number of hydrogen-bond donors (Lipinski definition) is 1. The lowest BCUT2D eigenvalue weighted by molar-refractivity contribution is -0.383. The van der Waals surface area contributed by atoms with Gasteiger partial charge >= 0.3 is 0 Å². The minimum Gasteiger partial charge on any atom is -0.320 e. The molecule has 0 aliphatic heterocycles. The van der Waals surface area contributed by atoms with E-state index in [0.29, 0.717) is 0 Å². The van der Waals surface area contributed by atoms with Gasteiger partial charge in [-0.05, 0) is 23.6 Å². The van der Waals surface area contributed by atoms with Crippen molar-refractivity contribution in [2.24, 2.45) is 0 Å². The van der Waals surface area contributed by atoms with E-state index in [1.165, 1.54) is 29.5 Å². The van der Waals surface area contributed by atoms with Crippen LogP contribution in [0.3, 0.4) is 0 Å². The first-order valence-electron chi connectivity index (χ1n) is 5.32. The van der Waals surface area contributed by atoms with E-state index in [9.17, 15) is 14.9 Å². The predicted molar refractivity (Wildman–Crippen MR) is 74.8 cm³/mol. The second-order valence-electron chi connectivity index (χ2n) is 3.72. The Morgan fingerprint density at radius 1 is 1.42 bits per heavy atom. The fourth-order valence-electron chi connectivity index (χ4n) is 1.53. The zero-order valence-electron chi connectivity index (χ0n) is 9.63. The van der Waals surface area contributed by atoms with Gasteiger partial charge in [-0.1, -0.05) is 17.7 Å². The van der Waals surface area contributed by atoms with E-state index in [0.717, 1.165) is 4.88 Å². The van der Waals surface area contributed by atoms with Crippen molar-refractivity contribution in [3.05, 3.63) is 55.7 Å². The third kappa shape index (κ3) is 3.52. The van der Waals surface area contributed by atoms with E-state index in [2.05, 4.69) is 5.32 Å². The molecule has 0 saturated carbocycles. The number of carbonyl (C=O) groups excluding carboxylic acids is 1. The largest absolute Gasteiger partial charge is 0.320 e. The monoisotopic (exact) mass is 296 g/mol. The highest BCUT2D eigenvalue weighted by molar-refractivity contribution is 7.10. The number of carbonyl (C=O) groups is 1. The first kappa shape index (κ1) is 13.5. The Balaban J connectivity index is 2.14. The van der Waals surface area contributed by atoms with Gasteiger partial charge in [-0.2, -0.15) is 0 Å². The van der Waals surface area contributed by atoms with E-state index >= 15 is 0 Å². The minimum atomic E-state index is -0.577. The molecule has 0 unspecified atom stereocenters. The van der Waals surface area contributed by atoms with Gasteiger partial charge in [0.25, 0.3) is 5.69 Å². The lowest BCUT2D eigenvalue weighted by Gasteiger charge is -2.05. The Bertz CT molecular complexity index is 613. The molecule has 2 aromatic rings. The second kappa shape index (κ2) is 5.81. The molecule has 0 fully saturated rings. The van der Waals surface area contributed by atoms with Crippen LogP contribution in [0.4, 0.5) is 11.4 Å². The van der Waals surface area contributed by atoms with Crippen molar-refractivity contribution in [2.75, 3.05) is 5.32 Å². The molecule has 0 spiro atoms. The molecule has 1 aromatic carbocycles. The fourth-order valence-corrected chi connectivity index (χ4v) is 2.40. The van der Waals surface area contributed by atoms with Crippen LogP contribution in [0.1, 0.15) is 4.88 Å². The fraction of sp³-hybridized carbons (Fsp3) is 0.0833. The maximum Gasteiger partial charge on any atom is 0.294 e. The molecule has 1 heterocycles. The van der Waals surface area contributed by atoms with Crippen molar-refractivity contribution in [2.45, 2.75) is 6.42 Å². The number of thiophene rings is 1. The summed E-state index contributed by atoms with van der Waals surface area (Å²) in [4.78, 5) is 23.0. The summed E-state index contributed by atoms with van der Waals surface area (Å²) >= 11 is 7.16. The average molecular weight is 297 g/mol. The summed E-state index contributed by atoms with van der Waals surface area (Å²) in [6.45, 7) is 0. The number of hydrogen-bond acceptors (Lipinski definition) is 4. The summed E-state index contributed by atoms with van der Waals surface area (Å²) in [5, 5.41) is 15.5. The highest BCUT2D eigenvalue weighted by atomic mass is 35.5. The van der Waals surface area contributed by atoms with E-state index in [4.69, 9.17) is 11.6 Å². The Hall–Kier alpha value is -1.92. The van der Waals surface area contributed by atoms with E-state index in [1.54, 1.807) is 0 Å². The van der Waals surface area contributed by atoms with Crippen LogP contribution in [0.15, 0.2) is 35.7 Å². The number of anilines is 1. The molecule has 0 radical (unpaired) electrons. The number of nitro groups is 1. The van der Waals surface area contributed by atoms with Gasteiger partial charge in [-0.25, -0.2) is 0 Å². The number of nitrogens with one attached hydrogen (secondary N) is 1. The lowest BCUT2D eigenvalue weighted by atomic mass is 10.2. The Morgan fingerprint density at radius 2 is 2.21 bits per heavy atom. The SMILES string of the molecule is O=C(Cc1cccs1)Nc1ccc(Cl)cc1[N+](=O)[O-]. The number of amides is 1. The van der Waals surface area contributed by atoms with Crippen molar-refractivity contribution in [1.29, 1.82) is 0 Å². The topological polar surface area (TPSA) is 72.2 Å². The summed E-state index contributed by atoms with van der Waals surface area (Å²) < 4.78 is 0. The first-order valence-corrected chi connectivity index (χ1v) is 6.58. The van der Waals surface area contributed by atoms with Crippen LogP contribution in [0.5, 0.6) is 0 Å². The van der Waals surface area contributed by atoms with Gasteiger partial charge in [0.05, 0.1) is 11.3 Å². The van der Waals surface area contributed by atoms with Crippen LogP contribution in [-0.2, 0) is 11.2 Å². The summed E-state index contributed by atoms with van der Waals surface area (Å²) in [5.41, 5.74) is -0.0667. The molecule has 0 bridgehead atoms. The van der Waals surface area contributed by atoms with Crippen molar-refractivity contribution in [3.8, 4) is 0 Å². The van der Waals surface area contributed by atoms with Gasteiger partial charge in [0.15, 0.2) is 0 Å². The first-order chi connectivity index (χ1) is 9.06. The molecule has 0 aliphatic carbocycles. The highest BCUT2D eigenvalue weighted by Crippen LogP contribution is 2.27. The average Bonchev–Trinajstić information content (AvgIpc) is 2.83. The molecule has 0 saturated heterocycles. The second-order valence-corrected chi connectivity index (χ2v) is 5.19. The molecule has 1 N–H and O–H groups in total. The molecule has 7 heteroatoms. The highest BCUT2D eigenvalue weighted by Gasteiger charge is 2.16. The smallest absolute Gasteiger partial charge is 0.294 e. The number of nitrogens with zero attached hydrogens (tertiary/aromatic N) is 1. The van der Waals surface area contributed by atoms with E-state index in [1.807, 2.05) is 17.5 Å². The quantitative estimate of drug-likeness (QED) is 0.693. The van der Waals surface area contributed by atoms with Gasteiger partial charge < -0.3 is 5.32 Å². The van der Waals surface area contributed by atoms with E-state index in [-0.39, 0.29) is 28.7 Å². The van der Waals surface area contributed by atoms with Crippen molar-refractivity contribution in [1.82, 2.24) is 0 Å². The summed E-state index contributed by atoms with van der Waals surface area (Å²) in [5.74, 6) is -0.298. The predicted octanol–water partition coefficient (Wildman–Crippen LogP) is 3.49. The molecule has 1 amide bonds. The van der Waals surface area contributed by atoms with Crippen LogP contribution in [0.25, 0.3) is 0 Å². The third-order valence-corrected chi connectivity index (χ3v) is 3.46. The van der Waals surface area contributed by atoms with Crippen LogP contribution in [0.2, 0.25) is 5.02 Å². The van der Waals surface area contributed by atoms with Crippen molar-refractivity contribution < 1.29 is 9.72 Å². The molecular weight excluding hydrogens is 288 g/mol. The van der Waals surface area contributed by atoms with Crippen LogP contribution in [-0.4, -0.2) is 10.8 Å². The zero-order valence-corrected chi connectivity index (χ0v) is 11.2. The summed E-state index contributed by atoms with van der Waals surface area (Å²) in [6, 6.07) is 7.81. The van der Waals surface area contributed by atoms with Crippen molar-refractivity contribution >= 4 is 40.2 Å². The number of benzene rings is 1. The summed E-state index contributed by atoms with van der Waals surface area (Å²) in [7, 11) is 0. The maximum atomic E-state index is 11.8.